The van der Waals surface area contributed by atoms with E-state index in [1.165, 1.54) is 15.8 Å². The van der Waals surface area contributed by atoms with Crippen LogP contribution in [-0.4, -0.2) is 35.1 Å². The van der Waals surface area contributed by atoms with Crippen LogP contribution in [0.2, 0.25) is 5.02 Å². The maximum absolute atomic E-state index is 12.4. The molecule has 4 rings (SSSR count). The van der Waals surface area contributed by atoms with E-state index in [4.69, 9.17) is 16.3 Å². The SMILES string of the molecule is Cc1ccc(C)c2sc(OC3CCN(C(=O)Nc4ccc(Cl)cc4)CC3)nc12. The number of carbonyl (C=O) groups excluding carboxylic acids is 1. The van der Waals surface area contributed by atoms with Crippen molar-refractivity contribution in [3.8, 4) is 5.19 Å². The van der Waals surface area contributed by atoms with Gasteiger partial charge in [0.1, 0.15) is 6.10 Å². The zero-order chi connectivity index (χ0) is 19.7. The number of anilines is 1. The summed E-state index contributed by atoms with van der Waals surface area (Å²) in [4.78, 5) is 18.9. The molecule has 0 radical (unpaired) electrons. The number of rotatable bonds is 3. The van der Waals surface area contributed by atoms with Crippen LogP contribution < -0.4 is 10.1 Å². The summed E-state index contributed by atoms with van der Waals surface area (Å²) in [5, 5.41) is 4.28. The molecule has 1 aliphatic rings. The maximum atomic E-state index is 12.4. The molecule has 2 heterocycles. The quantitative estimate of drug-likeness (QED) is 0.602. The number of halogens is 1. The molecule has 0 bridgehead atoms. The molecule has 0 aliphatic carbocycles. The predicted octanol–water partition coefficient (Wildman–Crippen LogP) is 5.64. The van der Waals surface area contributed by atoms with Gasteiger partial charge in [0.2, 0.25) is 0 Å². The average Bonchev–Trinajstić information content (AvgIpc) is 3.12. The summed E-state index contributed by atoms with van der Waals surface area (Å²) < 4.78 is 7.33. The Kier molecular flexibility index (Phi) is 5.42. The number of thiazole rings is 1. The molecule has 5 nitrogen and oxygen atoms in total. The van der Waals surface area contributed by atoms with Crippen LogP contribution in [0.15, 0.2) is 36.4 Å². The molecule has 3 aromatic rings. The van der Waals surface area contributed by atoms with Crippen LogP contribution in [0.4, 0.5) is 10.5 Å². The lowest BCUT2D eigenvalue weighted by Crippen LogP contribution is -2.43. The molecule has 2 aromatic carbocycles. The van der Waals surface area contributed by atoms with Gasteiger partial charge in [0.05, 0.1) is 10.2 Å². The van der Waals surface area contributed by atoms with Gasteiger partial charge >= 0.3 is 6.03 Å². The summed E-state index contributed by atoms with van der Waals surface area (Å²) in [6, 6.07) is 11.3. The summed E-state index contributed by atoms with van der Waals surface area (Å²) in [6.45, 7) is 5.49. The molecule has 0 unspecified atom stereocenters. The first-order valence-electron chi connectivity index (χ1n) is 9.34. The fourth-order valence-corrected chi connectivity index (χ4v) is 4.50. The molecule has 0 spiro atoms. The smallest absolute Gasteiger partial charge is 0.321 e. The van der Waals surface area contributed by atoms with Crippen molar-refractivity contribution < 1.29 is 9.53 Å². The highest BCUT2D eigenvalue weighted by atomic mass is 35.5. The third-order valence-electron chi connectivity index (χ3n) is 5.01. The number of urea groups is 1. The number of hydrogen-bond donors (Lipinski definition) is 1. The Morgan fingerprint density at radius 3 is 2.50 bits per heavy atom. The van der Waals surface area contributed by atoms with E-state index in [1.807, 2.05) is 4.90 Å². The van der Waals surface area contributed by atoms with E-state index in [2.05, 4.69) is 36.3 Å². The summed E-state index contributed by atoms with van der Waals surface area (Å²) in [7, 11) is 0. The molecular weight excluding hydrogens is 394 g/mol. The van der Waals surface area contributed by atoms with Crippen molar-refractivity contribution in [2.75, 3.05) is 18.4 Å². The largest absolute Gasteiger partial charge is 0.467 e. The van der Waals surface area contributed by atoms with Crippen molar-refractivity contribution in [3.63, 3.8) is 0 Å². The maximum Gasteiger partial charge on any atom is 0.321 e. The summed E-state index contributed by atoms with van der Waals surface area (Å²) in [5.41, 5.74) is 4.16. The van der Waals surface area contributed by atoms with Gasteiger partial charge in [-0.15, -0.1) is 0 Å². The fraction of sp³-hybridized carbons (Fsp3) is 0.333. The Morgan fingerprint density at radius 2 is 1.82 bits per heavy atom. The van der Waals surface area contributed by atoms with Gasteiger partial charge in [-0.05, 0) is 49.2 Å². The molecule has 1 saturated heterocycles. The Morgan fingerprint density at radius 1 is 1.14 bits per heavy atom. The number of nitrogens with zero attached hydrogens (tertiary/aromatic N) is 2. The van der Waals surface area contributed by atoms with E-state index in [0.717, 1.165) is 29.2 Å². The Bertz CT molecular complexity index is 956. The molecular formula is C21H22ClN3O2S. The van der Waals surface area contributed by atoms with Gasteiger partial charge in [0.25, 0.3) is 5.19 Å². The first-order chi connectivity index (χ1) is 13.5. The highest BCUT2D eigenvalue weighted by Gasteiger charge is 2.25. The molecule has 0 atom stereocenters. The van der Waals surface area contributed by atoms with Crippen molar-refractivity contribution in [2.24, 2.45) is 0 Å². The average molecular weight is 416 g/mol. The zero-order valence-electron chi connectivity index (χ0n) is 15.9. The minimum absolute atomic E-state index is 0.0840. The van der Waals surface area contributed by atoms with Crippen molar-refractivity contribution in [1.29, 1.82) is 0 Å². The number of ether oxygens (including phenoxy) is 1. The molecule has 1 aliphatic heterocycles. The number of fused-ring (bicyclic) bond motifs is 1. The summed E-state index contributed by atoms with van der Waals surface area (Å²) in [5.74, 6) is 0. The van der Waals surface area contributed by atoms with Gasteiger partial charge in [-0.25, -0.2) is 9.78 Å². The van der Waals surface area contributed by atoms with Crippen LogP contribution in [0, 0.1) is 13.8 Å². The van der Waals surface area contributed by atoms with Gasteiger partial charge in [-0.3, -0.25) is 0 Å². The molecule has 1 N–H and O–H groups in total. The van der Waals surface area contributed by atoms with E-state index in [0.29, 0.717) is 18.1 Å². The topological polar surface area (TPSA) is 54.5 Å². The second-order valence-corrected chi connectivity index (χ2v) is 8.50. The highest BCUT2D eigenvalue weighted by molar-refractivity contribution is 7.20. The van der Waals surface area contributed by atoms with Gasteiger partial charge in [0, 0.05) is 36.6 Å². The Labute approximate surface area is 173 Å². The second-order valence-electron chi connectivity index (χ2n) is 7.10. The summed E-state index contributed by atoms with van der Waals surface area (Å²) >= 11 is 7.49. The second kappa shape index (κ2) is 7.97. The molecule has 146 valence electrons. The zero-order valence-corrected chi connectivity index (χ0v) is 17.4. The number of aromatic nitrogens is 1. The van der Waals surface area contributed by atoms with E-state index < -0.39 is 0 Å². The minimum atomic E-state index is -0.0907. The number of piperidine rings is 1. The molecule has 2 amide bonds. The van der Waals surface area contributed by atoms with Gasteiger partial charge in [0.15, 0.2) is 0 Å². The van der Waals surface area contributed by atoms with Gasteiger partial charge < -0.3 is 15.0 Å². The number of amides is 2. The van der Waals surface area contributed by atoms with Crippen molar-refractivity contribution in [1.82, 2.24) is 9.88 Å². The van der Waals surface area contributed by atoms with Gasteiger partial charge in [-0.1, -0.05) is 35.1 Å². The number of nitrogens with one attached hydrogen (secondary N) is 1. The van der Waals surface area contributed by atoms with Crippen LogP contribution in [-0.2, 0) is 0 Å². The normalized spacial score (nSPS) is 15.0. The van der Waals surface area contributed by atoms with Crippen LogP contribution in [0.3, 0.4) is 0 Å². The van der Waals surface area contributed by atoms with E-state index in [9.17, 15) is 4.79 Å². The van der Waals surface area contributed by atoms with Crippen LogP contribution >= 0.6 is 22.9 Å². The molecule has 7 heteroatoms. The summed E-state index contributed by atoms with van der Waals surface area (Å²) in [6.07, 6.45) is 1.67. The van der Waals surface area contributed by atoms with Crippen molar-refractivity contribution in [3.05, 3.63) is 52.5 Å². The van der Waals surface area contributed by atoms with Crippen LogP contribution in [0.5, 0.6) is 5.19 Å². The van der Waals surface area contributed by atoms with Gasteiger partial charge in [-0.2, -0.15) is 0 Å². The standard InChI is InChI=1S/C21H22ClN3O2S/c1-13-3-4-14(2)19-18(13)24-21(28-19)27-17-9-11-25(12-10-17)20(26)23-16-7-5-15(22)6-8-16/h3-8,17H,9-12H2,1-2H3,(H,23,26). The lowest BCUT2D eigenvalue weighted by molar-refractivity contribution is 0.115. The van der Waals surface area contributed by atoms with E-state index in [1.54, 1.807) is 35.6 Å². The Hall–Kier alpha value is -2.31. The number of aryl methyl sites for hydroxylation is 2. The van der Waals surface area contributed by atoms with E-state index >= 15 is 0 Å². The number of hydrogen-bond acceptors (Lipinski definition) is 4. The van der Waals surface area contributed by atoms with E-state index in [-0.39, 0.29) is 12.1 Å². The lowest BCUT2D eigenvalue weighted by Gasteiger charge is -2.31. The predicted molar refractivity (Wildman–Crippen MR) is 115 cm³/mol. The van der Waals surface area contributed by atoms with Crippen LogP contribution in [0.1, 0.15) is 24.0 Å². The Balaban J connectivity index is 1.34. The number of likely N-dealkylation sites (tertiary alicyclic amines) is 1. The van der Waals surface area contributed by atoms with Crippen molar-refractivity contribution >= 4 is 44.9 Å². The number of carbonyl (C=O) groups is 1. The molecule has 0 saturated carbocycles. The third-order valence-corrected chi connectivity index (χ3v) is 6.35. The van der Waals surface area contributed by atoms with Crippen LogP contribution in [0.25, 0.3) is 10.2 Å². The monoisotopic (exact) mass is 415 g/mol. The lowest BCUT2D eigenvalue weighted by atomic mass is 10.1. The fourth-order valence-electron chi connectivity index (χ4n) is 3.35. The van der Waals surface area contributed by atoms with Crippen molar-refractivity contribution in [2.45, 2.75) is 32.8 Å². The molecule has 1 aromatic heterocycles. The minimum Gasteiger partial charge on any atom is -0.467 e. The molecule has 1 fully saturated rings. The molecule has 28 heavy (non-hydrogen) atoms. The third kappa shape index (κ3) is 4.08. The first-order valence-corrected chi connectivity index (χ1v) is 10.5. The highest BCUT2D eigenvalue weighted by Crippen LogP contribution is 2.33. The number of benzene rings is 2. The first kappa shape index (κ1) is 19.0.